The van der Waals surface area contributed by atoms with Gasteiger partial charge in [-0.2, -0.15) is 9.40 Å². The molecule has 1 fully saturated rings. The summed E-state index contributed by atoms with van der Waals surface area (Å²) in [6.45, 7) is 1.68. The molecule has 0 spiro atoms. The van der Waals surface area contributed by atoms with E-state index in [0.717, 1.165) is 5.39 Å². The van der Waals surface area contributed by atoms with Gasteiger partial charge in [0.1, 0.15) is 12.1 Å². The minimum atomic E-state index is -3.56. The number of benzene rings is 1. The first-order valence-corrected chi connectivity index (χ1v) is 10.0. The topological polar surface area (TPSA) is 95.1 Å². The minimum Gasteiger partial charge on any atom is -0.353 e. The molecule has 3 heterocycles. The number of hydrogen-bond donors (Lipinski definition) is 1. The van der Waals surface area contributed by atoms with Gasteiger partial charge in [-0.25, -0.2) is 18.4 Å². The molecule has 8 nitrogen and oxygen atoms in total. The number of nitrogens with one attached hydrogen (secondary N) is 1. The van der Waals surface area contributed by atoms with Gasteiger partial charge in [0, 0.05) is 31.6 Å². The lowest BCUT2D eigenvalue weighted by Gasteiger charge is -2.34. The van der Waals surface area contributed by atoms with Crippen molar-refractivity contribution in [2.75, 3.05) is 31.1 Å². The first kappa shape index (κ1) is 17.5. The van der Waals surface area contributed by atoms with Gasteiger partial charge in [0.25, 0.3) is 10.0 Å². The lowest BCUT2D eigenvalue weighted by atomic mass is 10.2. The Bertz CT molecular complexity index is 1050. The molecular formula is C15H14Cl2N6O2S. The summed E-state index contributed by atoms with van der Waals surface area (Å²) < 4.78 is 26.6. The number of halogens is 2. The molecule has 0 aliphatic carbocycles. The average molecular weight is 413 g/mol. The third-order valence-electron chi connectivity index (χ3n) is 4.31. The Morgan fingerprint density at radius 3 is 2.50 bits per heavy atom. The van der Waals surface area contributed by atoms with Crippen LogP contribution in [0.2, 0.25) is 10.0 Å². The van der Waals surface area contributed by atoms with Crippen LogP contribution in [0, 0.1) is 0 Å². The van der Waals surface area contributed by atoms with E-state index in [1.807, 2.05) is 11.0 Å². The zero-order chi connectivity index (χ0) is 18.3. The maximum atomic E-state index is 12.6. The SMILES string of the molecule is O=S(=O)(c1ccn[nH]1)N1CCN(c2ncnc3c(Cl)c(Cl)ccc23)CC1. The number of hydrogen-bond acceptors (Lipinski definition) is 6. The summed E-state index contributed by atoms with van der Waals surface area (Å²) in [7, 11) is -3.56. The second kappa shape index (κ2) is 6.66. The first-order valence-electron chi connectivity index (χ1n) is 7.81. The number of aromatic nitrogens is 4. The Morgan fingerprint density at radius 1 is 1.04 bits per heavy atom. The Labute approximate surface area is 159 Å². The highest BCUT2D eigenvalue weighted by Gasteiger charge is 2.30. The van der Waals surface area contributed by atoms with Crippen molar-refractivity contribution in [1.29, 1.82) is 0 Å². The van der Waals surface area contributed by atoms with Gasteiger partial charge < -0.3 is 4.90 Å². The smallest absolute Gasteiger partial charge is 0.260 e. The third-order valence-corrected chi connectivity index (χ3v) is 6.93. The van der Waals surface area contributed by atoms with Crippen molar-refractivity contribution in [3.63, 3.8) is 0 Å². The molecule has 0 atom stereocenters. The average Bonchev–Trinajstić information content (AvgIpc) is 3.20. The van der Waals surface area contributed by atoms with E-state index in [1.165, 1.54) is 22.9 Å². The second-order valence-electron chi connectivity index (χ2n) is 5.77. The fourth-order valence-corrected chi connectivity index (χ4v) is 4.66. The summed E-state index contributed by atoms with van der Waals surface area (Å²) in [5, 5.41) is 7.92. The summed E-state index contributed by atoms with van der Waals surface area (Å²) in [6.07, 6.45) is 2.86. The summed E-state index contributed by atoms with van der Waals surface area (Å²) in [6, 6.07) is 4.98. The maximum Gasteiger partial charge on any atom is 0.260 e. The highest BCUT2D eigenvalue weighted by atomic mass is 35.5. The van der Waals surface area contributed by atoms with Crippen molar-refractivity contribution in [1.82, 2.24) is 24.5 Å². The second-order valence-corrected chi connectivity index (χ2v) is 8.46. The number of rotatable bonds is 3. The van der Waals surface area contributed by atoms with E-state index in [0.29, 0.717) is 47.6 Å². The van der Waals surface area contributed by atoms with Crippen LogP contribution >= 0.6 is 23.2 Å². The standard InChI is InChI=1S/C15H14Cl2N6O2S/c16-11-2-1-10-14(13(11)17)18-9-19-15(10)22-5-7-23(8-6-22)26(24,25)12-3-4-20-21-12/h1-4,9H,5-8H2,(H,20,21). The number of sulfonamides is 1. The zero-order valence-electron chi connectivity index (χ0n) is 13.4. The minimum absolute atomic E-state index is 0.0971. The van der Waals surface area contributed by atoms with Crippen LogP contribution in [-0.2, 0) is 10.0 Å². The molecule has 0 unspecified atom stereocenters. The quantitative estimate of drug-likeness (QED) is 0.707. The van der Waals surface area contributed by atoms with Crippen LogP contribution in [0.25, 0.3) is 10.9 Å². The van der Waals surface area contributed by atoms with Crippen LogP contribution in [0.1, 0.15) is 0 Å². The zero-order valence-corrected chi connectivity index (χ0v) is 15.8. The predicted molar refractivity (Wildman–Crippen MR) is 99.1 cm³/mol. The Morgan fingerprint density at radius 2 is 1.81 bits per heavy atom. The summed E-state index contributed by atoms with van der Waals surface area (Å²) >= 11 is 12.3. The normalized spacial score (nSPS) is 16.3. The molecule has 0 amide bonds. The molecule has 26 heavy (non-hydrogen) atoms. The number of fused-ring (bicyclic) bond motifs is 1. The molecule has 3 aromatic rings. The summed E-state index contributed by atoms with van der Waals surface area (Å²) in [4.78, 5) is 10.6. The number of H-pyrrole nitrogens is 1. The highest BCUT2D eigenvalue weighted by Crippen LogP contribution is 2.33. The number of aromatic amines is 1. The first-order chi connectivity index (χ1) is 12.5. The predicted octanol–water partition coefficient (Wildman–Crippen LogP) is 2.17. The van der Waals surface area contributed by atoms with Gasteiger partial charge in [0.15, 0.2) is 5.03 Å². The fourth-order valence-electron chi connectivity index (χ4n) is 2.98. The van der Waals surface area contributed by atoms with E-state index in [4.69, 9.17) is 23.2 Å². The molecule has 0 saturated carbocycles. The van der Waals surface area contributed by atoms with Crippen molar-refractivity contribution in [3.8, 4) is 0 Å². The summed E-state index contributed by atoms with van der Waals surface area (Å²) in [5.74, 6) is 0.715. The van der Waals surface area contributed by atoms with E-state index in [2.05, 4.69) is 20.2 Å². The molecule has 0 radical (unpaired) electrons. The van der Waals surface area contributed by atoms with Crippen LogP contribution in [0.5, 0.6) is 0 Å². The number of anilines is 1. The maximum absolute atomic E-state index is 12.6. The molecule has 11 heteroatoms. The molecule has 4 rings (SSSR count). The molecule has 1 saturated heterocycles. The molecule has 1 aliphatic heterocycles. The van der Waals surface area contributed by atoms with Crippen molar-refractivity contribution in [3.05, 3.63) is 40.8 Å². The third kappa shape index (κ3) is 2.90. The van der Waals surface area contributed by atoms with Crippen molar-refractivity contribution in [2.24, 2.45) is 0 Å². The lowest BCUT2D eigenvalue weighted by molar-refractivity contribution is 0.382. The Balaban J connectivity index is 1.59. The van der Waals surface area contributed by atoms with E-state index >= 15 is 0 Å². The van der Waals surface area contributed by atoms with Gasteiger partial charge >= 0.3 is 0 Å². The molecule has 1 aromatic carbocycles. The van der Waals surface area contributed by atoms with Gasteiger partial charge in [0.2, 0.25) is 0 Å². The highest BCUT2D eigenvalue weighted by molar-refractivity contribution is 7.89. The van der Waals surface area contributed by atoms with Gasteiger partial charge in [-0.1, -0.05) is 23.2 Å². The number of piperazine rings is 1. The van der Waals surface area contributed by atoms with E-state index in [9.17, 15) is 8.42 Å². The molecule has 1 N–H and O–H groups in total. The van der Waals surface area contributed by atoms with Crippen LogP contribution in [-0.4, -0.2) is 59.1 Å². The molecule has 2 aromatic heterocycles. The van der Waals surface area contributed by atoms with Gasteiger partial charge in [-0.05, 0) is 18.2 Å². The molecule has 136 valence electrons. The monoisotopic (exact) mass is 412 g/mol. The van der Waals surface area contributed by atoms with Crippen LogP contribution in [0.15, 0.2) is 35.7 Å². The Kier molecular flexibility index (Phi) is 4.47. The van der Waals surface area contributed by atoms with E-state index in [1.54, 1.807) is 6.07 Å². The molecule has 1 aliphatic rings. The van der Waals surface area contributed by atoms with Crippen molar-refractivity contribution < 1.29 is 8.42 Å². The van der Waals surface area contributed by atoms with Gasteiger partial charge in [-0.15, -0.1) is 0 Å². The fraction of sp³-hybridized carbons (Fsp3) is 0.267. The van der Waals surface area contributed by atoms with Crippen LogP contribution < -0.4 is 4.90 Å². The van der Waals surface area contributed by atoms with Crippen LogP contribution in [0.4, 0.5) is 5.82 Å². The van der Waals surface area contributed by atoms with E-state index in [-0.39, 0.29) is 5.03 Å². The summed E-state index contributed by atoms with van der Waals surface area (Å²) in [5.41, 5.74) is 0.580. The lowest BCUT2D eigenvalue weighted by Crippen LogP contribution is -2.49. The van der Waals surface area contributed by atoms with Crippen molar-refractivity contribution >= 4 is 49.9 Å². The van der Waals surface area contributed by atoms with Crippen LogP contribution in [0.3, 0.4) is 0 Å². The van der Waals surface area contributed by atoms with E-state index < -0.39 is 10.0 Å². The largest absolute Gasteiger partial charge is 0.353 e. The molecular weight excluding hydrogens is 399 g/mol. The van der Waals surface area contributed by atoms with Crippen molar-refractivity contribution in [2.45, 2.75) is 5.03 Å². The Hall–Kier alpha value is -1.94. The molecule has 0 bridgehead atoms. The van der Waals surface area contributed by atoms with Gasteiger partial charge in [-0.3, -0.25) is 5.10 Å². The van der Waals surface area contributed by atoms with Gasteiger partial charge in [0.05, 0.1) is 21.8 Å². The number of nitrogens with zero attached hydrogens (tertiary/aromatic N) is 5.